The zero-order chi connectivity index (χ0) is 15.7. The number of carbonyl (C=O) groups excluding carboxylic acids is 1. The van der Waals surface area contributed by atoms with E-state index in [1.54, 1.807) is 24.4 Å². The number of nitrogens with zero attached hydrogens (tertiary/aromatic N) is 1. The van der Waals surface area contributed by atoms with Gasteiger partial charge in [0.2, 0.25) is 0 Å². The summed E-state index contributed by atoms with van der Waals surface area (Å²) in [5, 5.41) is 3.81. The van der Waals surface area contributed by atoms with Crippen LogP contribution in [0.3, 0.4) is 0 Å². The van der Waals surface area contributed by atoms with E-state index in [9.17, 15) is 9.00 Å². The molecule has 1 aromatic carbocycles. The first kappa shape index (κ1) is 14.9. The van der Waals surface area contributed by atoms with E-state index in [0.29, 0.717) is 22.6 Å². The predicted molar refractivity (Wildman–Crippen MR) is 79.9 cm³/mol. The van der Waals surface area contributed by atoms with Crippen LogP contribution in [0, 0.1) is 0 Å². The van der Waals surface area contributed by atoms with E-state index in [2.05, 4.69) is 5.16 Å². The van der Waals surface area contributed by atoms with Crippen molar-refractivity contribution in [3.05, 3.63) is 35.5 Å². The third-order valence-corrected chi connectivity index (χ3v) is 4.50. The van der Waals surface area contributed by atoms with Gasteiger partial charge in [-0.1, -0.05) is 5.16 Å². The molecule has 0 amide bonds. The van der Waals surface area contributed by atoms with Gasteiger partial charge in [-0.25, -0.2) is 4.21 Å². The number of carbonyl (C=O) groups is 1. The number of aromatic nitrogens is 1. The van der Waals surface area contributed by atoms with Crippen molar-refractivity contribution in [2.75, 3.05) is 7.11 Å². The molecule has 1 fully saturated rings. The minimum absolute atomic E-state index is 0.0424. The summed E-state index contributed by atoms with van der Waals surface area (Å²) in [6, 6.07) is 5.23. The molecule has 1 aliphatic rings. The number of aldehydes is 1. The highest BCUT2D eigenvalue weighted by molar-refractivity contribution is 7.78. The van der Waals surface area contributed by atoms with Crippen LogP contribution in [-0.2, 0) is 27.0 Å². The van der Waals surface area contributed by atoms with E-state index in [4.69, 9.17) is 13.8 Å². The van der Waals surface area contributed by atoms with Crippen molar-refractivity contribution >= 4 is 17.4 Å². The molecule has 116 valence electrons. The number of hydrogen-bond donors (Lipinski definition) is 1. The molecule has 1 aliphatic carbocycles. The van der Waals surface area contributed by atoms with Crippen LogP contribution < -0.4 is 4.74 Å². The molecule has 0 saturated heterocycles. The summed E-state index contributed by atoms with van der Waals surface area (Å²) in [6.07, 6.45) is 4.09. The van der Waals surface area contributed by atoms with E-state index in [0.717, 1.165) is 24.7 Å². The van der Waals surface area contributed by atoms with Crippen LogP contribution in [0.25, 0.3) is 11.3 Å². The van der Waals surface area contributed by atoms with Crippen LogP contribution in [0.5, 0.6) is 5.75 Å². The van der Waals surface area contributed by atoms with Gasteiger partial charge in [0.25, 0.3) is 0 Å². The van der Waals surface area contributed by atoms with Gasteiger partial charge >= 0.3 is 0 Å². The third-order valence-electron chi connectivity index (χ3n) is 3.94. The van der Waals surface area contributed by atoms with E-state index < -0.39 is 16.5 Å². The van der Waals surface area contributed by atoms with Gasteiger partial charge in [0.05, 0.1) is 24.5 Å². The lowest BCUT2D eigenvalue weighted by Gasteiger charge is -2.10. The SMILES string of the molecule is COc1ccc(-c2oncc2C2(C=O)CC2)cc1CS(=O)O. The number of hydrogen-bond acceptors (Lipinski definition) is 5. The summed E-state index contributed by atoms with van der Waals surface area (Å²) in [7, 11) is 1.50. The van der Waals surface area contributed by atoms with Gasteiger partial charge in [0.15, 0.2) is 16.8 Å². The first-order chi connectivity index (χ1) is 10.6. The second kappa shape index (κ2) is 5.66. The summed E-state index contributed by atoms with van der Waals surface area (Å²) >= 11 is -1.98. The Morgan fingerprint density at radius 3 is 2.86 bits per heavy atom. The van der Waals surface area contributed by atoms with Crippen LogP contribution in [0.4, 0.5) is 0 Å². The Hall–Kier alpha value is -1.99. The number of methoxy groups -OCH3 is 1. The predicted octanol–water partition coefficient (Wildman–Crippen LogP) is 2.30. The monoisotopic (exact) mass is 321 g/mol. The summed E-state index contributed by atoms with van der Waals surface area (Å²) < 4.78 is 30.7. The van der Waals surface area contributed by atoms with Crippen molar-refractivity contribution in [3.63, 3.8) is 0 Å². The standard InChI is InChI=1S/C15H15NO5S/c1-20-13-3-2-10(6-11(13)8-22(18)19)14-12(7-16-21-14)15(9-17)4-5-15/h2-3,6-7,9H,4-5,8H2,1H3,(H,18,19). The zero-order valence-electron chi connectivity index (χ0n) is 11.9. The average molecular weight is 321 g/mol. The maximum Gasteiger partial charge on any atom is 0.171 e. The Bertz CT molecular complexity index is 735. The molecule has 3 rings (SSSR count). The smallest absolute Gasteiger partial charge is 0.171 e. The van der Waals surface area contributed by atoms with Crippen LogP contribution in [0.2, 0.25) is 0 Å². The molecular weight excluding hydrogens is 306 g/mol. The molecule has 0 radical (unpaired) electrons. The van der Waals surface area contributed by atoms with Gasteiger partial charge in [-0.2, -0.15) is 0 Å². The summed E-state index contributed by atoms with van der Waals surface area (Å²) in [4.78, 5) is 11.3. The fourth-order valence-electron chi connectivity index (χ4n) is 2.55. The van der Waals surface area contributed by atoms with Gasteiger partial charge in [0.1, 0.15) is 12.0 Å². The molecule has 1 N–H and O–H groups in total. The zero-order valence-corrected chi connectivity index (χ0v) is 12.8. The largest absolute Gasteiger partial charge is 0.496 e. The minimum atomic E-state index is -1.98. The molecule has 0 aliphatic heterocycles. The molecule has 0 bridgehead atoms. The number of ether oxygens (including phenoxy) is 1. The van der Waals surface area contributed by atoms with Crippen molar-refractivity contribution in [1.29, 1.82) is 0 Å². The molecule has 1 aromatic heterocycles. The lowest BCUT2D eigenvalue weighted by molar-refractivity contribution is -0.109. The first-order valence-corrected chi connectivity index (χ1v) is 8.03. The number of rotatable bonds is 6. The lowest BCUT2D eigenvalue weighted by Crippen LogP contribution is -2.07. The van der Waals surface area contributed by atoms with Gasteiger partial charge in [-0.3, -0.25) is 0 Å². The Kier molecular flexibility index (Phi) is 3.84. The minimum Gasteiger partial charge on any atom is -0.496 e. The highest BCUT2D eigenvalue weighted by atomic mass is 32.2. The Morgan fingerprint density at radius 2 is 2.27 bits per heavy atom. The molecule has 1 heterocycles. The Morgan fingerprint density at radius 1 is 1.50 bits per heavy atom. The van der Waals surface area contributed by atoms with Crippen LogP contribution in [0.1, 0.15) is 24.0 Å². The quantitative estimate of drug-likeness (QED) is 0.648. The highest BCUT2D eigenvalue weighted by Crippen LogP contribution is 2.49. The van der Waals surface area contributed by atoms with Crippen LogP contribution in [-0.4, -0.2) is 27.3 Å². The highest BCUT2D eigenvalue weighted by Gasteiger charge is 2.47. The van der Waals surface area contributed by atoms with Crippen molar-refractivity contribution < 1.29 is 22.8 Å². The fraction of sp³-hybridized carbons (Fsp3) is 0.333. The van der Waals surface area contributed by atoms with Gasteiger partial charge in [0, 0.05) is 16.7 Å². The average Bonchev–Trinajstić information content (AvgIpc) is 3.15. The van der Waals surface area contributed by atoms with Crippen molar-refractivity contribution in [2.45, 2.75) is 24.0 Å². The van der Waals surface area contributed by atoms with E-state index in [1.807, 2.05) is 0 Å². The van der Waals surface area contributed by atoms with Gasteiger partial charge in [-0.15, -0.1) is 0 Å². The molecule has 6 nitrogen and oxygen atoms in total. The molecule has 1 saturated carbocycles. The molecule has 7 heteroatoms. The molecule has 2 aromatic rings. The second-order valence-corrected chi connectivity index (χ2v) is 6.27. The Labute approximate surface area is 129 Å². The van der Waals surface area contributed by atoms with E-state index in [1.165, 1.54) is 7.11 Å². The molecular formula is C15H15NO5S. The number of benzene rings is 1. The van der Waals surface area contributed by atoms with Crippen molar-refractivity contribution in [1.82, 2.24) is 5.16 Å². The van der Waals surface area contributed by atoms with Crippen LogP contribution in [0.15, 0.2) is 28.9 Å². The fourth-order valence-corrected chi connectivity index (χ4v) is 3.05. The van der Waals surface area contributed by atoms with Gasteiger partial charge < -0.3 is 18.6 Å². The maximum atomic E-state index is 11.3. The second-order valence-electron chi connectivity index (χ2n) is 5.34. The van der Waals surface area contributed by atoms with E-state index >= 15 is 0 Å². The first-order valence-electron chi connectivity index (χ1n) is 6.76. The molecule has 1 unspecified atom stereocenters. The normalized spacial score (nSPS) is 17.0. The van der Waals surface area contributed by atoms with Crippen molar-refractivity contribution in [2.24, 2.45) is 0 Å². The van der Waals surface area contributed by atoms with E-state index in [-0.39, 0.29) is 5.75 Å². The molecule has 22 heavy (non-hydrogen) atoms. The topological polar surface area (TPSA) is 89.6 Å². The van der Waals surface area contributed by atoms with Gasteiger partial charge in [-0.05, 0) is 31.0 Å². The third kappa shape index (κ3) is 2.57. The van der Waals surface area contributed by atoms with Crippen LogP contribution >= 0.6 is 0 Å². The van der Waals surface area contributed by atoms with Crippen molar-refractivity contribution in [3.8, 4) is 17.1 Å². The molecule has 1 atom stereocenters. The Balaban J connectivity index is 2.04. The summed E-state index contributed by atoms with van der Waals surface area (Å²) in [6.45, 7) is 0. The maximum absolute atomic E-state index is 11.3. The summed E-state index contributed by atoms with van der Waals surface area (Å²) in [5.74, 6) is 1.01. The summed E-state index contributed by atoms with van der Waals surface area (Å²) in [5.41, 5.74) is 1.58. The molecule has 0 spiro atoms. The lowest BCUT2D eigenvalue weighted by atomic mass is 9.95.